The van der Waals surface area contributed by atoms with Gasteiger partial charge in [-0.2, -0.15) is 0 Å². The first-order valence-electron chi connectivity index (χ1n) is 9.04. The molecule has 0 aliphatic carbocycles. The molecule has 1 saturated heterocycles. The summed E-state index contributed by atoms with van der Waals surface area (Å²) < 4.78 is 11.1. The molecule has 1 aliphatic heterocycles. The summed E-state index contributed by atoms with van der Waals surface area (Å²) in [5.41, 5.74) is 0. The van der Waals surface area contributed by atoms with E-state index in [0.717, 1.165) is 63.6 Å². The van der Waals surface area contributed by atoms with E-state index in [-0.39, 0.29) is 24.0 Å². The molecular formula is C18H32IN3O2. The Balaban J connectivity index is 0.00000288. The lowest BCUT2D eigenvalue weighted by molar-refractivity contribution is 0.0104. The smallest absolute Gasteiger partial charge is 0.191 e. The van der Waals surface area contributed by atoms with Crippen LogP contribution < -0.4 is 10.6 Å². The van der Waals surface area contributed by atoms with Crippen LogP contribution in [0.25, 0.3) is 0 Å². The Hall–Kier alpha value is -0.760. The van der Waals surface area contributed by atoms with Gasteiger partial charge in [-0.25, -0.2) is 0 Å². The van der Waals surface area contributed by atoms with Crippen LogP contribution in [0.4, 0.5) is 0 Å². The lowest BCUT2D eigenvalue weighted by atomic mass is 10.0. The van der Waals surface area contributed by atoms with Crippen LogP contribution in [0.2, 0.25) is 0 Å². The Morgan fingerprint density at radius 1 is 1.29 bits per heavy atom. The summed E-state index contributed by atoms with van der Waals surface area (Å²) in [5.74, 6) is 1.91. The van der Waals surface area contributed by atoms with Gasteiger partial charge >= 0.3 is 0 Å². The van der Waals surface area contributed by atoms with E-state index in [2.05, 4.69) is 22.5 Å². The summed E-state index contributed by atoms with van der Waals surface area (Å²) in [4.78, 5) is 4.58. The molecule has 24 heavy (non-hydrogen) atoms. The number of rotatable bonds is 9. The molecule has 6 heteroatoms. The summed E-state index contributed by atoms with van der Waals surface area (Å²) in [6.07, 6.45) is 10.1. The fraction of sp³-hybridized carbons (Fsp3) is 0.722. The van der Waals surface area contributed by atoms with Gasteiger partial charge in [0.2, 0.25) is 0 Å². The van der Waals surface area contributed by atoms with Crippen molar-refractivity contribution in [3.05, 3.63) is 24.2 Å². The maximum Gasteiger partial charge on any atom is 0.191 e. The number of nitrogens with one attached hydrogen (secondary N) is 2. The number of hydrogen-bond donors (Lipinski definition) is 2. The molecule has 1 fully saturated rings. The Kier molecular flexibility index (Phi) is 12.0. The normalized spacial score (nSPS) is 18.0. The summed E-state index contributed by atoms with van der Waals surface area (Å²) in [6, 6.07) is 3.93. The van der Waals surface area contributed by atoms with Crippen LogP contribution in [-0.4, -0.2) is 38.3 Å². The molecule has 2 rings (SSSR count). The van der Waals surface area contributed by atoms with Crippen LogP contribution in [0.15, 0.2) is 27.8 Å². The molecule has 1 unspecified atom stereocenters. The highest BCUT2D eigenvalue weighted by atomic mass is 127. The molecule has 1 aliphatic rings. The number of hydrogen-bond acceptors (Lipinski definition) is 3. The maximum atomic E-state index is 5.77. The third-order valence-corrected chi connectivity index (χ3v) is 4.01. The Morgan fingerprint density at radius 3 is 2.88 bits per heavy atom. The highest BCUT2D eigenvalue weighted by Gasteiger charge is 2.12. The molecule has 1 aromatic rings. The van der Waals surface area contributed by atoms with Gasteiger partial charge in [-0.3, -0.25) is 4.99 Å². The van der Waals surface area contributed by atoms with E-state index < -0.39 is 0 Å². The topological polar surface area (TPSA) is 58.8 Å². The molecule has 0 amide bonds. The second kappa shape index (κ2) is 13.5. The van der Waals surface area contributed by atoms with E-state index in [4.69, 9.17) is 9.15 Å². The zero-order valence-electron chi connectivity index (χ0n) is 14.8. The first-order chi connectivity index (χ1) is 11.4. The van der Waals surface area contributed by atoms with Crippen molar-refractivity contribution in [1.29, 1.82) is 0 Å². The number of aliphatic imine (C=N–C) groups is 1. The largest absolute Gasteiger partial charge is 0.469 e. The minimum Gasteiger partial charge on any atom is -0.469 e. The lowest BCUT2D eigenvalue weighted by Gasteiger charge is -2.22. The van der Waals surface area contributed by atoms with E-state index in [1.54, 1.807) is 6.26 Å². The zero-order chi connectivity index (χ0) is 16.2. The van der Waals surface area contributed by atoms with Crippen molar-refractivity contribution >= 4 is 29.9 Å². The molecule has 0 spiro atoms. The van der Waals surface area contributed by atoms with Gasteiger partial charge in [0.05, 0.1) is 12.4 Å². The number of ether oxygens (including phenoxy) is 1. The molecule has 0 aromatic carbocycles. The zero-order valence-corrected chi connectivity index (χ0v) is 17.1. The van der Waals surface area contributed by atoms with Gasteiger partial charge in [0.25, 0.3) is 0 Å². The van der Waals surface area contributed by atoms with Crippen molar-refractivity contribution < 1.29 is 9.15 Å². The van der Waals surface area contributed by atoms with Crippen LogP contribution in [0.3, 0.4) is 0 Å². The SMILES string of the molecule is CCCN=C(NCCCC1CCCCO1)NCCc1ccco1.I. The average Bonchev–Trinajstić information content (AvgIpc) is 3.10. The Labute approximate surface area is 163 Å². The van der Waals surface area contributed by atoms with Gasteiger partial charge < -0.3 is 19.8 Å². The second-order valence-electron chi connectivity index (χ2n) is 6.04. The monoisotopic (exact) mass is 449 g/mol. The predicted octanol–water partition coefficient (Wildman–Crippen LogP) is 3.73. The van der Waals surface area contributed by atoms with Crippen LogP contribution in [0.5, 0.6) is 0 Å². The Bertz CT molecular complexity index is 431. The van der Waals surface area contributed by atoms with E-state index in [9.17, 15) is 0 Å². The summed E-state index contributed by atoms with van der Waals surface area (Å²) >= 11 is 0. The first-order valence-corrected chi connectivity index (χ1v) is 9.04. The minimum absolute atomic E-state index is 0. The standard InChI is InChI=1S/C18H31N3O2.HI/c1-2-11-19-18(21-13-10-17-9-6-15-23-17)20-12-5-8-16-7-3-4-14-22-16;/h6,9,15-16H,2-5,7-8,10-14H2,1H3,(H2,19,20,21);1H. The fourth-order valence-electron chi connectivity index (χ4n) is 2.73. The minimum atomic E-state index is 0. The summed E-state index contributed by atoms with van der Waals surface area (Å²) in [6.45, 7) is 5.70. The van der Waals surface area contributed by atoms with Crippen molar-refractivity contribution in [3.63, 3.8) is 0 Å². The van der Waals surface area contributed by atoms with Crippen LogP contribution in [0.1, 0.15) is 51.2 Å². The van der Waals surface area contributed by atoms with Gasteiger partial charge in [-0.05, 0) is 50.7 Å². The molecule has 0 radical (unpaired) electrons. The van der Waals surface area contributed by atoms with Crippen molar-refractivity contribution in [3.8, 4) is 0 Å². The number of furan rings is 1. The van der Waals surface area contributed by atoms with Gasteiger partial charge in [-0.15, -0.1) is 24.0 Å². The van der Waals surface area contributed by atoms with Crippen molar-refractivity contribution in [2.24, 2.45) is 4.99 Å². The summed E-state index contributed by atoms with van der Waals surface area (Å²) in [7, 11) is 0. The molecule has 138 valence electrons. The van der Waals surface area contributed by atoms with Crippen LogP contribution in [-0.2, 0) is 11.2 Å². The number of halogens is 1. The average molecular weight is 449 g/mol. The van der Waals surface area contributed by atoms with Crippen LogP contribution >= 0.6 is 24.0 Å². The van der Waals surface area contributed by atoms with E-state index in [0.29, 0.717) is 6.10 Å². The maximum absolute atomic E-state index is 5.77. The van der Waals surface area contributed by atoms with Gasteiger partial charge in [0.15, 0.2) is 5.96 Å². The highest BCUT2D eigenvalue weighted by Crippen LogP contribution is 2.16. The first kappa shape index (κ1) is 21.3. The molecule has 0 saturated carbocycles. The van der Waals surface area contributed by atoms with Gasteiger partial charge in [-0.1, -0.05) is 6.92 Å². The lowest BCUT2D eigenvalue weighted by Crippen LogP contribution is -2.39. The molecule has 2 heterocycles. The molecule has 2 N–H and O–H groups in total. The third kappa shape index (κ3) is 8.92. The molecule has 5 nitrogen and oxygen atoms in total. The fourth-order valence-corrected chi connectivity index (χ4v) is 2.73. The van der Waals surface area contributed by atoms with E-state index in [1.807, 2.05) is 12.1 Å². The van der Waals surface area contributed by atoms with E-state index >= 15 is 0 Å². The molecular weight excluding hydrogens is 417 g/mol. The summed E-state index contributed by atoms with van der Waals surface area (Å²) in [5, 5.41) is 6.81. The number of nitrogens with zero attached hydrogens (tertiary/aromatic N) is 1. The predicted molar refractivity (Wildman–Crippen MR) is 109 cm³/mol. The van der Waals surface area contributed by atoms with Gasteiger partial charge in [0, 0.05) is 32.7 Å². The van der Waals surface area contributed by atoms with Gasteiger partial charge in [0.1, 0.15) is 5.76 Å². The van der Waals surface area contributed by atoms with Crippen molar-refractivity contribution in [2.75, 3.05) is 26.2 Å². The van der Waals surface area contributed by atoms with Crippen molar-refractivity contribution in [1.82, 2.24) is 10.6 Å². The van der Waals surface area contributed by atoms with E-state index in [1.165, 1.54) is 19.3 Å². The second-order valence-corrected chi connectivity index (χ2v) is 6.04. The number of guanidine groups is 1. The highest BCUT2D eigenvalue weighted by molar-refractivity contribution is 14.0. The molecule has 1 atom stereocenters. The molecule has 0 bridgehead atoms. The van der Waals surface area contributed by atoms with Crippen molar-refractivity contribution in [2.45, 2.75) is 58.0 Å². The van der Waals surface area contributed by atoms with Crippen LogP contribution in [0, 0.1) is 0 Å². The quantitative estimate of drug-likeness (QED) is 0.261. The molecule has 1 aromatic heterocycles. The third-order valence-electron chi connectivity index (χ3n) is 4.01. The Morgan fingerprint density at radius 2 is 2.17 bits per heavy atom.